The first kappa shape index (κ1) is 10.5. The van der Waals surface area contributed by atoms with E-state index in [0.29, 0.717) is 11.3 Å². The second-order valence-electron chi connectivity index (χ2n) is 4.04. The third kappa shape index (κ3) is 1.73. The van der Waals surface area contributed by atoms with E-state index in [2.05, 4.69) is 10.3 Å². The molecule has 0 atom stereocenters. The minimum atomic E-state index is -0.152. The summed E-state index contributed by atoms with van der Waals surface area (Å²) in [5, 5.41) is 2.78. The van der Waals surface area contributed by atoms with Gasteiger partial charge in [-0.3, -0.25) is 9.59 Å². The molecule has 1 aliphatic heterocycles. The molecule has 4 nitrogen and oxygen atoms in total. The minimum Gasteiger partial charge on any atom is -0.361 e. The van der Waals surface area contributed by atoms with Crippen LogP contribution in [0.2, 0.25) is 0 Å². The predicted octanol–water partition coefficient (Wildman–Crippen LogP) is 1.87. The maximum Gasteiger partial charge on any atom is 0.256 e. The van der Waals surface area contributed by atoms with Gasteiger partial charge in [-0.1, -0.05) is 18.2 Å². The van der Waals surface area contributed by atoms with E-state index in [1.807, 2.05) is 24.3 Å². The van der Waals surface area contributed by atoms with E-state index in [1.165, 1.54) is 12.1 Å². The number of anilines is 1. The molecule has 0 bridgehead atoms. The first-order valence-electron chi connectivity index (χ1n) is 5.55. The fourth-order valence-electron chi connectivity index (χ4n) is 1.98. The number of rotatable bonds is 1. The number of benzene rings is 1. The van der Waals surface area contributed by atoms with Crippen molar-refractivity contribution in [3.05, 3.63) is 64.1 Å². The lowest BCUT2D eigenvalue weighted by molar-refractivity contribution is -0.110. The van der Waals surface area contributed by atoms with Crippen LogP contribution in [-0.4, -0.2) is 10.9 Å². The molecule has 1 aromatic carbocycles. The largest absolute Gasteiger partial charge is 0.361 e. The van der Waals surface area contributed by atoms with Gasteiger partial charge in [0.15, 0.2) is 5.43 Å². The molecular weight excluding hydrogens is 228 g/mol. The van der Waals surface area contributed by atoms with Crippen LogP contribution >= 0.6 is 0 Å². The molecule has 4 heteroatoms. The van der Waals surface area contributed by atoms with Gasteiger partial charge in [0.2, 0.25) is 0 Å². The van der Waals surface area contributed by atoms with E-state index >= 15 is 0 Å². The van der Waals surface area contributed by atoms with Crippen LogP contribution in [0.4, 0.5) is 5.69 Å². The number of H-pyrrole nitrogens is 1. The Morgan fingerprint density at radius 1 is 1.06 bits per heavy atom. The van der Waals surface area contributed by atoms with Gasteiger partial charge in [0.05, 0.1) is 5.57 Å². The summed E-state index contributed by atoms with van der Waals surface area (Å²) in [6.45, 7) is 0. The number of fused-ring (bicyclic) bond motifs is 1. The number of carbonyl (C=O) groups excluding carboxylic acids is 1. The highest BCUT2D eigenvalue weighted by Gasteiger charge is 2.23. The van der Waals surface area contributed by atoms with Crippen LogP contribution in [0, 0.1) is 0 Å². The number of amides is 1. The summed E-state index contributed by atoms with van der Waals surface area (Å²) in [4.78, 5) is 26.0. The Balaban J connectivity index is 2.12. The predicted molar refractivity (Wildman–Crippen MR) is 70.0 cm³/mol. The van der Waals surface area contributed by atoms with Crippen molar-refractivity contribution in [2.45, 2.75) is 0 Å². The first-order chi connectivity index (χ1) is 8.74. The third-order valence-corrected chi connectivity index (χ3v) is 2.81. The second kappa shape index (κ2) is 4.00. The molecule has 1 aromatic heterocycles. The number of para-hydroxylation sites is 1. The molecule has 18 heavy (non-hydrogen) atoms. The maximum absolute atomic E-state index is 11.8. The molecule has 2 heterocycles. The molecule has 3 rings (SSSR count). The number of hydrogen-bond donors (Lipinski definition) is 2. The number of aromatic amines is 1. The Bertz CT molecular complexity index is 713. The zero-order valence-electron chi connectivity index (χ0n) is 9.44. The van der Waals surface area contributed by atoms with Crippen LogP contribution < -0.4 is 10.7 Å². The number of pyridine rings is 1. The summed E-state index contributed by atoms with van der Waals surface area (Å²) in [6, 6.07) is 10.4. The Hall–Kier alpha value is -2.62. The average Bonchev–Trinajstić information content (AvgIpc) is 2.66. The molecule has 0 saturated heterocycles. The summed E-state index contributed by atoms with van der Waals surface area (Å²) in [5.41, 5.74) is 2.74. The van der Waals surface area contributed by atoms with E-state index in [9.17, 15) is 9.59 Å². The molecule has 1 aliphatic rings. The SMILES string of the molecule is O=C1Nc2ccccc2/C1=C/c1cc(=O)cc[nH]1. The average molecular weight is 238 g/mol. The van der Waals surface area contributed by atoms with E-state index in [4.69, 9.17) is 0 Å². The van der Waals surface area contributed by atoms with E-state index in [0.717, 1.165) is 11.3 Å². The van der Waals surface area contributed by atoms with Crippen molar-refractivity contribution < 1.29 is 4.79 Å². The molecule has 0 aliphatic carbocycles. The highest BCUT2D eigenvalue weighted by molar-refractivity contribution is 6.34. The standard InChI is InChI=1S/C14H10N2O2/c17-10-5-6-15-9(7-10)8-12-11-3-1-2-4-13(11)16-14(12)18/h1-8H,(H,15,17)(H,16,18)/b12-8-. The molecule has 0 saturated carbocycles. The van der Waals surface area contributed by atoms with Gasteiger partial charge < -0.3 is 10.3 Å². The Kier molecular flexibility index (Phi) is 2.34. The number of aromatic nitrogens is 1. The van der Waals surface area contributed by atoms with Gasteiger partial charge in [0.1, 0.15) is 0 Å². The van der Waals surface area contributed by atoms with Crippen molar-refractivity contribution in [3.63, 3.8) is 0 Å². The zero-order chi connectivity index (χ0) is 12.5. The fourth-order valence-corrected chi connectivity index (χ4v) is 1.98. The van der Waals surface area contributed by atoms with Crippen molar-refractivity contribution >= 4 is 23.2 Å². The molecule has 2 N–H and O–H groups in total. The van der Waals surface area contributed by atoms with Crippen molar-refractivity contribution in [2.24, 2.45) is 0 Å². The van der Waals surface area contributed by atoms with Crippen LogP contribution in [0.25, 0.3) is 11.6 Å². The molecular formula is C14H10N2O2. The third-order valence-electron chi connectivity index (χ3n) is 2.81. The fraction of sp³-hybridized carbons (Fsp3) is 0. The van der Waals surface area contributed by atoms with Crippen LogP contribution in [-0.2, 0) is 4.79 Å². The van der Waals surface area contributed by atoms with Gasteiger partial charge in [-0.2, -0.15) is 0 Å². The van der Waals surface area contributed by atoms with Gasteiger partial charge in [-0.15, -0.1) is 0 Å². The van der Waals surface area contributed by atoms with E-state index < -0.39 is 0 Å². The molecule has 88 valence electrons. The maximum atomic E-state index is 11.8. The van der Waals surface area contributed by atoms with Crippen LogP contribution in [0.5, 0.6) is 0 Å². The summed E-state index contributed by atoms with van der Waals surface area (Å²) >= 11 is 0. The van der Waals surface area contributed by atoms with Crippen LogP contribution in [0.1, 0.15) is 11.3 Å². The second-order valence-corrected chi connectivity index (χ2v) is 4.04. The lowest BCUT2D eigenvalue weighted by Gasteiger charge is -1.97. The topological polar surface area (TPSA) is 62.0 Å². The van der Waals surface area contributed by atoms with Gasteiger partial charge in [-0.05, 0) is 12.1 Å². The quantitative estimate of drug-likeness (QED) is 0.745. The highest BCUT2D eigenvalue weighted by Crippen LogP contribution is 2.32. The number of nitrogens with one attached hydrogen (secondary N) is 2. The van der Waals surface area contributed by atoms with Gasteiger partial charge in [0, 0.05) is 35.3 Å². The monoisotopic (exact) mass is 238 g/mol. The lowest BCUT2D eigenvalue weighted by atomic mass is 10.1. The van der Waals surface area contributed by atoms with Crippen molar-refractivity contribution in [2.75, 3.05) is 5.32 Å². The summed E-state index contributed by atoms with van der Waals surface area (Å²) in [6.07, 6.45) is 3.25. The van der Waals surface area contributed by atoms with Crippen LogP contribution in [0.3, 0.4) is 0 Å². The normalized spacial score (nSPS) is 15.6. The van der Waals surface area contributed by atoms with Crippen molar-refractivity contribution in [1.29, 1.82) is 0 Å². The van der Waals surface area contributed by atoms with Gasteiger partial charge in [-0.25, -0.2) is 0 Å². The van der Waals surface area contributed by atoms with Gasteiger partial charge in [0.25, 0.3) is 5.91 Å². The Morgan fingerprint density at radius 3 is 2.72 bits per heavy atom. The summed E-state index contributed by atoms with van der Waals surface area (Å²) in [5.74, 6) is -0.152. The summed E-state index contributed by atoms with van der Waals surface area (Å²) < 4.78 is 0. The van der Waals surface area contributed by atoms with Crippen LogP contribution in [0.15, 0.2) is 47.4 Å². The lowest BCUT2D eigenvalue weighted by Crippen LogP contribution is -2.04. The summed E-state index contributed by atoms with van der Waals surface area (Å²) in [7, 11) is 0. The Morgan fingerprint density at radius 2 is 1.89 bits per heavy atom. The smallest absolute Gasteiger partial charge is 0.256 e. The molecule has 1 amide bonds. The molecule has 0 spiro atoms. The Labute approximate surface area is 103 Å². The number of carbonyl (C=O) groups is 1. The van der Waals surface area contributed by atoms with E-state index in [1.54, 1.807) is 12.3 Å². The number of hydrogen-bond acceptors (Lipinski definition) is 2. The van der Waals surface area contributed by atoms with Gasteiger partial charge >= 0.3 is 0 Å². The molecule has 0 radical (unpaired) electrons. The molecule has 2 aromatic rings. The highest BCUT2D eigenvalue weighted by atomic mass is 16.2. The molecule has 0 unspecified atom stereocenters. The van der Waals surface area contributed by atoms with E-state index in [-0.39, 0.29) is 11.3 Å². The van der Waals surface area contributed by atoms with Crippen molar-refractivity contribution in [1.82, 2.24) is 4.98 Å². The van der Waals surface area contributed by atoms with Crippen molar-refractivity contribution in [3.8, 4) is 0 Å². The zero-order valence-corrected chi connectivity index (χ0v) is 9.44. The first-order valence-corrected chi connectivity index (χ1v) is 5.55. The minimum absolute atomic E-state index is 0.0905. The molecule has 0 fully saturated rings.